The lowest BCUT2D eigenvalue weighted by Gasteiger charge is -2.40. The summed E-state index contributed by atoms with van der Waals surface area (Å²) in [6.45, 7) is 4.21. The van der Waals surface area contributed by atoms with Crippen molar-refractivity contribution in [2.75, 3.05) is 19.8 Å². The van der Waals surface area contributed by atoms with E-state index < -0.39 is 49.5 Å². The van der Waals surface area contributed by atoms with Gasteiger partial charge in [0.1, 0.15) is 24.4 Å². The minimum atomic E-state index is -1.58. The van der Waals surface area contributed by atoms with Crippen LogP contribution in [0.1, 0.15) is 226 Å². The molecule has 1 aliphatic rings. The van der Waals surface area contributed by atoms with Gasteiger partial charge in [-0.3, -0.25) is 9.59 Å². The fourth-order valence-electron chi connectivity index (χ4n) is 8.04. The first-order chi connectivity index (χ1) is 32.2. The summed E-state index contributed by atoms with van der Waals surface area (Å²) in [7, 11) is 0. The molecule has 1 amide bonds. The molecule has 0 saturated carbocycles. The summed E-state index contributed by atoms with van der Waals surface area (Å²) >= 11 is 0. The molecule has 6 N–H and O–H groups in total. The van der Waals surface area contributed by atoms with Gasteiger partial charge in [0.25, 0.3) is 0 Å². The van der Waals surface area contributed by atoms with Gasteiger partial charge in [-0.2, -0.15) is 0 Å². The number of aliphatic hydroxyl groups is 5. The van der Waals surface area contributed by atoms with Crippen LogP contribution in [0.5, 0.6) is 0 Å². The number of allylic oxidation sites excluding steroid dienone is 7. The molecule has 11 heteroatoms. The van der Waals surface area contributed by atoms with E-state index in [1.54, 1.807) is 6.08 Å². The van der Waals surface area contributed by atoms with Crippen molar-refractivity contribution in [3.63, 3.8) is 0 Å². The number of carbonyl (C=O) groups is 2. The lowest BCUT2D eigenvalue weighted by molar-refractivity contribution is -0.302. The van der Waals surface area contributed by atoms with Crippen LogP contribution >= 0.6 is 0 Å². The third-order valence-electron chi connectivity index (χ3n) is 12.4. The maximum atomic E-state index is 12.9. The second-order valence-corrected chi connectivity index (χ2v) is 18.6. The molecule has 0 aliphatic carbocycles. The Balaban J connectivity index is 2.12. The van der Waals surface area contributed by atoms with Crippen molar-refractivity contribution in [2.45, 2.75) is 269 Å². The summed E-state index contributed by atoms with van der Waals surface area (Å²) in [5.41, 5.74) is 0. The highest BCUT2D eigenvalue weighted by Gasteiger charge is 2.44. The fourth-order valence-corrected chi connectivity index (χ4v) is 8.04. The van der Waals surface area contributed by atoms with Gasteiger partial charge in [-0.15, -0.1) is 0 Å². The molecule has 1 heterocycles. The van der Waals surface area contributed by atoms with Crippen LogP contribution in [0.3, 0.4) is 0 Å². The highest BCUT2D eigenvalue weighted by molar-refractivity contribution is 5.76. The lowest BCUT2D eigenvalue weighted by Crippen LogP contribution is -2.60. The Kier molecular flexibility index (Phi) is 42.1. The van der Waals surface area contributed by atoms with E-state index in [0.29, 0.717) is 25.9 Å². The maximum absolute atomic E-state index is 12.9. The summed E-state index contributed by atoms with van der Waals surface area (Å²) in [5, 5.41) is 54.1. The van der Waals surface area contributed by atoms with Gasteiger partial charge in [0.15, 0.2) is 6.29 Å². The smallest absolute Gasteiger partial charge is 0.305 e. The number of hydrogen-bond acceptors (Lipinski definition) is 10. The molecule has 384 valence electrons. The first kappa shape index (κ1) is 61.6. The van der Waals surface area contributed by atoms with Gasteiger partial charge >= 0.3 is 5.97 Å². The number of hydrogen-bond donors (Lipinski definition) is 6. The van der Waals surface area contributed by atoms with E-state index in [-0.39, 0.29) is 18.5 Å². The quantitative estimate of drug-likeness (QED) is 0.0196. The van der Waals surface area contributed by atoms with Crippen LogP contribution in [-0.4, -0.2) is 100 Å². The monoisotopic (exact) mass is 934 g/mol. The number of amides is 1. The summed E-state index contributed by atoms with van der Waals surface area (Å²) in [6.07, 6.45) is 44.8. The number of ether oxygens (including phenoxy) is 3. The molecular formula is C55H99NO10. The van der Waals surface area contributed by atoms with Crippen molar-refractivity contribution in [2.24, 2.45) is 0 Å². The van der Waals surface area contributed by atoms with Crippen LogP contribution in [0.25, 0.3) is 0 Å². The number of aliphatic hydroxyl groups excluding tert-OH is 5. The predicted molar refractivity (Wildman–Crippen MR) is 269 cm³/mol. The van der Waals surface area contributed by atoms with Gasteiger partial charge < -0.3 is 45.1 Å². The molecule has 11 nitrogen and oxygen atoms in total. The Labute approximate surface area is 402 Å². The third kappa shape index (κ3) is 34.8. The number of rotatable bonds is 45. The zero-order chi connectivity index (χ0) is 48.1. The van der Waals surface area contributed by atoms with E-state index in [1.807, 2.05) is 6.08 Å². The normalized spacial score (nSPS) is 20.0. The molecule has 0 aromatic carbocycles. The molecular weight excluding hydrogens is 835 g/mol. The van der Waals surface area contributed by atoms with Gasteiger partial charge in [0.2, 0.25) is 5.91 Å². The van der Waals surface area contributed by atoms with Gasteiger partial charge in [-0.1, -0.05) is 172 Å². The van der Waals surface area contributed by atoms with Crippen molar-refractivity contribution in [3.8, 4) is 0 Å². The van der Waals surface area contributed by atoms with Crippen molar-refractivity contribution in [3.05, 3.63) is 48.6 Å². The molecule has 7 atom stereocenters. The number of unbranched alkanes of at least 4 members (excludes halogenated alkanes) is 25. The molecule has 1 fully saturated rings. The fraction of sp³-hybridized carbons (Fsp3) is 0.818. The average Bonchev–Trinajstić information content (AvgIpc) is 3.31. The minimum absolute atomic E-state index is 0.0494. The van der Waals surface area contributed by atoms with Crippen LogP contribution < -0.4 is 5.32 Å². The molecule has 0 aromatic heterocycles. The Morgan fingerprint density at radius 2 is 1.02 bits per heavy atom. The summed E-state index contributed by atoms with van der Waals surface area (Å²) in [6, 6.07) is -0.830. The lowest BCUT2D eigenvalue weighted by atomic mass is 9.99. The van der Waals surface area contributed by atoms with E-state index >= 15 is 0 Å². The summed E-state index contributed by atoms with van der Waals surface area (Å²) in [5.74, 6) is -0.266. The molecule has 0 aromatic rings. The predicted octanol–water partition coefficient (Wildman–Crippen LogP) is 11.3. The second kappa shape index (κ2) is 45.1. The van der Waals surface area contributed by atoms with Crippen molar-refractivity contribution in [1.82, 2.24) is 5.32 Å². The topological polar surface area (TPSA) is 175 Å². The van der Waals surface area contributed by atoms with Crippen molar-refractivity contribution in [1.29, 1.82) is 0 Å². The molecule has 0 spiro atoms. The molecule has 0 radical (unpaired) electrons. The molecule has 66 heavy (non-hydrogen) atoms. The molecule has 1 aliphatic heterocycles. The van der Waals surface area contributed by atoms with Crippen LogP contribution in [0, 0.1) is 0 Å². The number of nitrogens with one attached hydrogen (secondary N) is 1. The maximum Gasteiger partial charge on any atom is 0.305 e. The Hall–Kier alpha value is -2.38. The summed E-state index contributed by atoms with van der Waals surface area (Å²) in [4.78, 5) is 25.0. The van der Waals surface area contributed by atoms with E-state index in [0.717, 1.165) is 83.5 Å². The Bertz CT molecular complexity index is 1240. The largest absolute Gasteiger partial charge is 0.466 e. The zero-order valence-electron chi connectivity index (χ0n) is 41.9. The van der Waals surface area contributed by atoms with E-state index in [9.17, 15) is 35.1 Å². The highest BCUT2D eigenvalue weighted by atomic mass is 16.7. The molecule has 0 bridgehead atoms. The van der Waals surface area contributed by atoms with Crippen LogP contribution in [0.15, 0.2) is 48.6 Å². The number of carbonyl (C=O) groups excluding carboxylic acids is 2. The van der Waals surface area contributed by atoms with Crippen LogP contribution in [-0.2, 0) is 23.8 Å². The van der Waals surface area contributed by atoms with E-state index in [2.05, 4.69) is 55.6 Å². The van der Waals surface area contributed by atoms with Crippen LogP contribution in [0.4, 0.5) is 0 Å². The van der Waals surface area contributed by atoms with Gasteiger partial charge in [-0.05, 0) is 89.9 Å². The Morgan fingerprint density at radius 3 is 1.58 bits per heavy atom. The highest BCUT2D eigenvalue weighted by Crippen LogP contribution is 2.23. The van der Waals surface area contributed by atoms with Gasteiger partial charge in [0, 0.05) is 12.8 Å². The average molecular weight is 934 g/mol. The Morgan fingerprint density at radius 1 is 0.561 bits per heavy atom. The number of esters is 1. The van der Waals surface area contributed by atoms with Crippen LogP contribution in [0.2, 0.25) is 0 Å². The van der Waals surface area contributed by atoms with Gasteiger partial charge in [0.05, 0.1) is 32.0 Å². The minimum Gasteiger partial charge on any atom is -0.466 e. The van der Waals surface area contributed by atoms with Gasteiger partial charge in [-0.25, -0.2) is 0 Å². The summed E-state index contributed by atoms with van der Waals surface area (Å²) < 4.78 is 16.6. The first-order valence-electron chi connectivity index (χ1n) is 26.9. The van der Waals surface area contributed by atoms with Crippen molar-refractivity contribution < 1.29 is 49.3 Å². The third-order valence-corrected chi connectivity index (χ3v) is 12.4. The first-order valence-corrected chi connectivity index (χ1v) is 26.9. The molecule has 7 unspecified atom stereocenters. The van der Waals surface area contributed by atoms with E-state index in [1.165, 1.54) is 109 Å². The standard InChI is InChI=1S/C55H99NO10/c1-3-5-7-9-11-13-14-15-16-17-20-23-27-31-35-39-43-51(60)64-44-40-36-32-28-24-21-18-19-22-26-30-34-38-42-50(59)56-47(48(58)41-37-33-29-25-12-10-8-6-4-2)46-65-55-54(63)53(62)52(61)49(45-57)66-55/h13-14,16-17,19,22,37,41,47-49,52-55,57-58,61-63H,3-12,15,18,20-21,23-36,38-40,42-46H2,1-2H3,(H,56,59)/b14-13-,17-16-,22-19-,41-37+. The zero-order valence-corrected chi connectivity index (χ0v) is 41.9. The molecule has 1 saturated heterocycles. The van der Waals surface area contributed by atoms with Crippen molar-refractivity contribution >= 4 is 11.9 Å². The SMILES string of the molecule is CCCCCC/C=C\C/C=C\CCCCCCCC(=O)OCCCCCCCC/C=C\CCCCCC(=O)NC(COC1OC(CO)C(O)C(O)C1O)C(O)/C=C/CCCCCCCCC. The molecule has 1 rings (SSSR count). The second-order valence-electron chi connectivity index (χ2n) is 18.6. The van der Waals surface area contributed by atoms with E-state index in [4.69, 9.17) is 14.2 Å².